The monoisotopic (exact) mass is 417 g/mol. The number of methoxy groups -OCH3 is 1. The summed E-state index contributed by atoms with van der Waals surface area (Å²) in [4.78, 5) is 9.14. The number of para-hydroxylation sites is 1. The first kappa shape index (κ1) is 19.1. The quantitative estimate of drug-likeness (QED) is 0.285. The van der Waals surface area contributed by atoms with E-state index in [1.54, 1.807) is 13.2 Å². The second kappa shape index (κ2) is 8.04. The van der Waals surface area contributed by atoms with E-state index in [1.165, 1.54) is 11.3 Å². The third-order valence-corrected chi connectivity index (χ3v) is 5.75. The fraction of sp³-hybridized carbons (Fsp3) is 0.0870. The SMILES string of the molecule is COc1ccc(-c2csc(C(C#N)=Cc3cc4cccc(C)c4nc3Cl)n2)cc1. The van der Waals surface area contributed by atoms with E-state index >= 15 is 0 Å². The van der Waals surface area contributed by atoms with Crippen LogP contribution in [0.1, 0.15) is 16.1 Å². The lowest BCUT2D eigenvalue weighted by atomic mass is 10.1. The fourth-order valence-electron chi connectivity index (χ4n) is 3.03. The zero-order valence-electron chi connectivity index (χ0n) is 15.8. The zero-order valence-corrected chi connectivity index (χ0v) is 17.4. The Kier molecular flexibility index (Phi) is 5.30. The molecule has 0 atom stereocenters. The van der Waals surface area contributed by atoms with Crippen LogP contribution < -0.4 is 4.74 Å². The number of allylic oxidation sites excluding steroid dienone is 1. The second-order valence-electron chi connectivity index (χ2n) is 6.45. The van der Waals surface area contributed by atoms with Gasteiger partial charge in [0.25, 0.3) is 0 Å². The summed E-state index contributed by atoms with van der Waals surface area (Å²) in [5.74, 6) is 0.787. The molecule has 0 fully saturated rings. The van der Waals surface area contributed by atoms with Crippen LogP contribution in [0.25, 0.3) is 33.8 Å². The van der Waals surface area contributed by atoms with E-state index in [2.05, 4.69) is 16.0 Å². The van der Waals surface area contributed by atoms with Crippen molar-refractivity contribution in [3.8, 4) is 23.1 Å². The number of hydrogen-bond donors (Lipinski definition) is 0. The molecule has 0 aliphatic heterocycles. The summed E-state index contributed by atoms with van der Waals surface area (Å²) in [7, 11) is 1.63. The van der Waals surface area contributed by atoms with E-state index in [0.29, 0.717) is 21.3 Å². The molecule has 0 radical (unpaired) electrons. The van der Waals surface area contributed by atoms with E-state index in [1.807, 2.05) is 60.8 Å². The predicted molar refractivity (Wildman–Crippen MR) is 119 cm³/mol. The van der Waals surface area contributed by atoms with Crippen LogP contribution in [0.4, 0.5) is 0 Å². The van der Waals surface area contributed by atoms with Gasteiger partial charge in [0.05, 0.1) is 23.9 Å². The molecule has 0 bridgehead atoms. The Morgan fingerprint density at radius 3 is 2.69 bits per heavy atom. The highest BCUT2D eigenvalue weighted by molar-refractivity contribution is 7.11. The molecular weight excluding hydrogens is 402 g/mol. The number of pyridine rings is 1. The number of rotatable bonds is 4. The fourth-order valence-corrected chi connectivity index (χ4v) is 4.02. The van der Waals surface area contributed by atoms with Crippen LogP contribution in [0.15, 0.2) is 53.9 Å². The maximum Gasteiger partial charge on any atom is 0.137 e. The molecule has 4 nitrogen and oxygen atoms in total. The molecule has 2 heterocycles. The number of aromatic nitrogens is 2. The lowest BCUT2D eigenvalue weighted by Gasteiger charge is -2.05. The van der Waals surface area contributed by atoms with Gasteiger partial charge in [-0.15, -0.1) is 11.3 Å². The molecule has 0 N–H and O–H groups in total. The largest absolute Gasteiger partial charge is 0.497 e. The van der Waals surface area contributed by atoms with Crippen LogP contribution in [0.2, 0.25) is 5.15 Å². The molecule has 29 heavy (non-hydrogen) atoms. The Hall–Kier alpha value is -3.20. The number of benzene rings is 2. The van der Waals surface area contributed by atoms with Crippen molar-refractivity contribution < 1.29 is 4.74 Å². The van der Waals surface area contributed by atoms with Crippen LogP contribution in [0.3, 0.4) is 0 Å². The van der Waals surface area contributed by atoms with Crippen molar-refractivity contribution >= 4 is 45.5 Å². The van der Waals surface area contributed by atoms with Gasteiger partial charge in [-0.2, -0.15) is 5.26 Å². The summed E-state index contributed by atoms with van der Waals surface area (Å²) in [6.45, 7) is 2.00. The second-order valence-corrected chi connectivity index (χ2v) is 7.67. The normalized spacial score (nSPS) is 11.4. The number of hydrogen-bond acceptors (Lipinski definition) is 5. The first-order valence-corrected chi connectivity index (χ1v) is 10.1. The zero-order chi connectivity index (χ0) is 20.4. The third-order valence-electron chi connectivity index (χ3n) is 4.57. The number of aryl methyl sites for hydroxylation is 1. The standard InChI is InChI=1S/C23H16ClN3OS/c1-14-4-3-5-16-10-17(22(24)27-21(14)16)11-18(12-25)23-26-20(13-29-23)15-6-8-19(28-2)9-7-15/h3-11,13H,1-2H3. The maximum atomic E-state index is 9.71. The van der Waals surface area contributed by atoms with Gasteiger partial charge in [0, 0.05) is 21.9 Å². The number of nitriles is 1. The van der Waals surface area contributed by atoms with Crippen molar-refractivity contribution in [2.45, 2.75) is 6.92 Å². The van der Waals surface area contributed by atoms with Crippen molar-refractivity contribution in [3.05, 3.63) is 75.2 Å². The minimum atomic E-state index is 0.367. The number of nitrogens with zero attached hydrogens (tertiary/aromatic N) is 3. The first-order chi connectivity index (χ1) is 14.1. The molecule has 2 aromatic carbocycles. The highest BCUT2D eigenvalue weighted by Gasteiger charge is 2.12. The Balaban J connectivity index is 1.72. The molecule has 6 heteroatoms. The molecule has 0 amide bonds. The van der Waals surface area contributed by atoms with Crippen LogP contribution in [0.5, 0.6) is 5.75 Å². The van der Waals surface area contributed by atoms with Crippen molar-refractivity contribution in [1.29, 1.82) is 5.26 Å². The molecule has 0 unspecified atom stereocenters. The molecule has 4 rings (SSSR count). The molecule has 2 aromatic heterocycles. The summed E-state index contributed by atoms with van der Waals surface area (Å²) in [5.41, 5.74) is 4.85. The highest BCUT2D eigenvalue weighted by atomic mass is 35.5. The lowest BCUT2D eigenvalue weighted by Crippen LogP contribution is -1.89. The molecule has 0 aliphatic rings. The van der Waals surface area contributed by atoms with E-state index in [9.17, 15) is 5.26 Å². The number of thiazole rings is 1. The van der Waals surface area contributed by atoms with Crippen molar-refractivity contribution in [1.82, 2.24) is 9.97 Å². The van der Waals surface area contributed by atoms with E-state index in [0.717, 1.165) is 33.5 Å². The average Bonchev–Trinajstić information content (AvgIpc) is 3.23. The van der Waals surface area contributed by atoms with Crippen LogP contribution in [0, 0.1) is 18.3 Å². The van der Waals surface area contributed by atoms with Crippen LogP contribution >= 0.6 is 22.9 Å². The maximum absolute atomic E-state index is 9.71. The van der Waals surface area contributed by atoms with Gasteiger partial charge in [0.15, 0.2) is 0 Å². The molecule has 0 spiro atoms. The predicted octanol–water partition coefficient (Wildman–Crippen LogP) is 6.39. The summed E-state index contributed by atoms with van der Waals surface area (Å²) in [5, 5.41) is 13.6. The van der Waals surface area contributed by atoms with Crippen LogP contribution in [-0.4, -0.2) is 17.1 Å². The smallest absolute Gasteiger partial charge is 0.137 e. The minimum absolute atomic E-state index is 0.367. The summed E-state index contributed by atoms with van der Waals surface area (Å²) in [6.07, 6.45) is 1.74. The molecule has 0 aliphatic carbocycles. The van der Waals surface area contributed by atoms with Gasteiger partial charge in [-0.1, -0.05) is 29.8 Å². The van der Waals surface area contributed by atoms with Gasteiger partial charge >= 0.3 is 0 Å². The number of halogens is 1. The van der Waals surface area contributed by atoms with Gasteiger partial charge in [0.1, 0.15) is 22.0 Å². The van der Waals surface area contributed by atoms with Crippen LogP contribution in [-0.2, 0) is 0 Å². The molecule has 142 valence electrons. The van der Waals surface area contributed by atoms with Crippen molar-refractivity contribution in [3.63, 3.8) is 0 Å². The van der Waals surface area contributed by atoms with E-state index < -0.39 is 0 Å². The number of fused-ring (bicyclic) bond motifs is 1. The Bertz CT molecular complexity index is 1270. The number of ether oxygens (including phenoxy) is 1. The lowest BCUT2D eigenvalue weighted by molar-refractivity contribution is 0.415. The van der Waals surface area contributed by atoms with Gasteiger partial charge in [0.2, 0.25) is 0 Å². The van der Waals surface area contributed by atoms with Crippen molar-refractivity contribution in [2.75, 3.05) is 7.11 Å². The van der Waals surface area contributed by atoms with Gasteiger partial charge in [-0.05, 0) is 48.9 Å². The Morgan fingerprint density at radius 2 is 1.97 bits per heavy atom. The van der Waals surface area contributed by atoms with Gasteiger partial charge in [-0.25, -0.2) is 9.97 Å². The van der Waals surface area contributed by atoms with E-state index in [-0.39, 0.29) is 0 Å². The van der Waals surface area contributed by atoms with E-state index in [4.69, 9.17) is 16.3 Å². The topological polar surface area (TPSA) is 58.8 Å². The molecule has 4 aromatic rings. The summed E-state index contributed by atoms with van der Waals surface area (Å²) in [6, 6.07) is 17.8. The third kappa shape index (κ3) is 3.86. The Morgan fingerprint density at radius 1 is 1.17 bits per heavy atom. The first-order valence-electron chi connectivity index (χ1n) is 8.87. The highest BCUT2D eigenvalue weighted by Crippen LogP contribution is 2.30. The van der Waals surface area contributed by atoms with Crippen molar-refractivity contribution in [2.24, 2.45) is 0 Å². The molecular formula is C23H16ClN3OS. The van der Waals surface area contributed by atoms with Gasteiger partial charge in [-0.3, -0.25) is 0 Å². The summed E-state index contributed by atoms with van der Waals surface area (Å²) >= 11 is 7.82. The molecule has 0 saturated heterocycles. The average molecular weight is 418 g/mol. The molecule has 0 saturated carbocycles. The Labute approximate surface area is 177 Å². The van der Waals surface area contributed by atoms with Gasteiger partial charge < -0.3 is 4.74 Å². The summed E-state index contributed by atoms with van der Waals surface area (Å²) < 4.78 is 5.19. The minimum Gasteiger partial charge on any atom is -0.497 e.